The molecule has 0 radical (unpaired) electrons. The summed E-state index contributed by atoms with van der Waals surface area (Å²) in [6, 6.07) is 0. The first-order valence-corrected chi connectivity index (χ1v) is 4.90. The van der Waals surface area contributed by atoms with Gasteiger partial charge in [0.05, 0.1) is 6.26 Å². The molecule has 0 aromatic rings. The van der Waals surface area contributed by atoms with Crippen molar-refractivity contribution in [3.63, 3.8) is 0 Å². The molecule has 76 valence electrons. The highest BCUT2D eigenvalue weighted by Gasteiger charge is 2.11. The van der Waals surface area contributed by atoms with Gasteiger partial charge in [-0.25, -0.2) is 4.79 Å². The summed E-state index contributed by atoms with van der Waals surface area (Å²) in [5.41, 5.74) is 0. The SMILES string of the molecule is CCCCC=COC(=O)C(C)OP. The minimum absolute atomic E-state index is 0.372. The van der Waals surface area contributed by atoms with Gasteiger partial charge < -0.3 is 9.26 Å². The van der Waals surface area contributed by atoms with Gasteiger partial charge >= 0.3 is 5.97 Å². The molecule has 0 aromatic heterocycles. The van der Waals surface area contributed by atoms with Crippen molar-refractivity contribution in [1.29, 1.82) is 0 Å². The van der Waals surface area contributed by atoms with Crippen LogP contribution in [0.5, 0.6) is 0 Å². The van der Waals surface area contributed by atoms with Crippen LogP contribution < -0.4 is 0 Å². The highest BCUT2D eigenvalue weighted by Crippen LogP contribution is 2.00. The van der Waals surface area contributed by atoms with E-state index in [0.29, 0.717) is 0 Å². The Bertz CT molecular complexity index is 168. The van der Waals surface area contributed by atoms with Crippen molar-refractivity contribution < 1.29 is 14.1 Å². The molecule has 0 aliphatic carbocycles. The Morgan fingerprint density at radius 3 is 2.85 bits per heavy atom. The normalized spacial score (nSPS) is 13.2. The van der Waals surface area contributed by atoms with Crippen molar-refractivity contribution in [3.8, 4) is 0 Å². The lowest BCUT2D eigenvalue weighted by Gasteiger charge is -2.05. The minimum Gasteiger partial charge on any atom is -0.433 e. The second kappa shape index (κ2) is 8.21. The molecule has 0 saturated heterocycles. The molecule has 4 heteroatoms. The van der Waals surface area contributed by atoms with Gasteiger partial charge in [-0.15, -0.1) is 0 Å². The van der Waals surface area contributed by atoms with Crippen LogP contribution in [-0.2, 0) is 14.1 Å². The molecule has 0 rings (SSSR count). The number of carbonyl (C=O) groups excluding carboxylic acids is 1. The number of unbranched alkanes of at least 4 members (excludes halogenated alkanes) is 2. The number of hydrogen-bond acceptors (Lipinski definition) is 3. The van der Waals surface area contributed by atoms with Crippen molar-refractivity contribution in [3.05, 3.63) is 12.3 Å². The Labute approximate surface area is 81.8 Å². The predicted molar refractivity (Wildman–Crippen MR) is 55.0 cm³/mol. The summed E-state index contributed by atoms with van der Waals surface area (Å²) in [5, 5.41) is 0. The quantitative estimate of drug-likeness (QED) is 0.288. The van der Waals surface area contributed by atoms with Gasteiger partial charge in [-0.05, 0) is 25.8 Å². The molecule has 2 unspecified atom stereocenters. The molecule has 0 fully saturated rings. The average Bonchev–Trinajstić information content (AvgIpc) is 2.16. The molecule has 3 nitrogen and oxygen atoms in total. The van der Waals surface area contributed by atoms with E-state index in [1.54, 1.807) is 6.92 Å². The van der Waals surface area contributed by atoms with Crippen molar-refractivity contribution in [1.82, 2.24) is 0 Å². The smallest absolute Gasteiger partial charge is 0.340 e. The number of rotatable bonds is 6. The zero-order valence-electron chi connectivity index (χ0n) is 8.16. The van der Waals surface area contributed by atoms with E-state index in [1.807, 2.05) is 15.5 Å². The number of carbonyl (C=O) groups is 1. The molecule has 0 amide bonds. The van der Waals surface area contributed by atoms with Crippen LogP contribution in [0.4, 0.5) is 0 Å². The van der Waals surface area contributed by atoms with Gasteiger partial charge in [0.1, 0.15) is 0 Å². The summed E-state index contributed by atoms with van der Waals surface area (Å²) in [4.78, 5) is 11.0. The highest BCUT2D eigenvalue weighted by molar-refractivity contribution is 7.09. The van der Waals surface area contributed by atoms with E-state index >= 15 is 0 Å². The fourth-order valence-corrected chi connectivity index (χ4v) is 0.768. The molecule has 0 saturated carbocycles. The molecule has 0 N–H and O–H groups in total. The largest absolute Gasteiger partial charge is 0.433 e. The Morgan fingerprint density at radius 2 is 2.31 bits per heavy atom. The highest BCUT2D eigenvalue weighted by atomic mass is 31.0. The Kier molecular flexibility index (Phi) is 7.96. The number of allylic oxidation sites excluding steroid dienone is 1. The van der Waals surface area contributed by atoms with Crippen molar-refractivity contribution in [2.24, 2.45) is 0 Å². The summed E-state index contributed by atoms with van der Waals surface area (Å²) in [7, 11) is 2.03. The van der Waals surface area contributed by atoms with Crippen LogP contribution in [0.3, 0.4) is 0 Å². The van der Waals surface area contributed by atoms with Gasteiger partial charge in [0.25, 0.3) is 0 Å². The summed E-state index contributed by atoms with van der Waals surface area (Å²) in [6.45, 7) is 3.75. The van der Waals surface area contributed by atoms with Gasteiger partial charge in [0.2, 0.25) is 0 Å². The average molecular weight is 204 g/mol. The molecule has 13 heavy (non-hydrogen) atoms. The standard InChI is InChI=1S/C9H17O3P/c1-3-4-5-6-7-11-9(10)8(2)12-13/h6-8H,3-5,13H2,1-2H3. The molecular formula is C9H17O3P. The first-order valence-electron chi connectivity index (χ1n) is 4.43. The summed E-state index contributed by atoms with van der Waals surface area (Å²) in [6.07, 6.45) is 5.95. The number of ether oxygens (including phenoxy) is 1. The van der Waals surface area contributed by atoms with E-state index in [-0.39, 0.29) is 5.97 Å². The van der Waals surface area contributed by atoms with E-state index in [1.165, 1.54) is 6.26 Å². The summed E-state index contributed by atoms with van der Waals surface area (Å²) in [5.74, 6) is -0.372. The second-order valence-corrected chi connectivity index (χ2v) is 3.00. The van der Waals surface area contributed by atoms with Crippen LogP contribution >= 0.6 is 9.47 Å². The maximum atomic E-state index is 11.0. The number of hydrogen-bond donors (Lipinski definition) is 0. The second-order valence-electron chi connectivity index (χ2n) is 2.73. The van der Waals surface area contributed by atoms with Crippen LogP contribution in [0.15, 0.2) is 12.3 Å². The van der Waals surface area contributed by atoms with Crippen molar-refractivity contribution in [2.45, 2.75) is 39.2 Å². The summed E-state index contributed by atoms with van der Waals surface area (Å²) >= 11 is 0. The fourth-order valence-electron chi connectivity index (χ4n) is 0.657. The first-order chi connectivity index (χ1) is 6.22. The predicted octanol–water partition coefficient (Wildman–Crippen LogP) is 2.43. The molecule has 0 spiro atoms. The van der Waals surface area contributed by atoms with Gasteiger partial charge in [0.15, 0.2) is 6.10 Å². The molecule has 0 aromatic carbocycles. The van der Waals surface area contributed by atoms with Crippen LogP contribution in [0.1, 0.15) is 33.1 Å². The van der Waals surface area contributed by atoms with E-state index in [2.05, 4.69) is 6.92 Å². The maximum Gasteiger partial charge on any atom is 0.340 e. The van der Waals surface area contributed by atoms with E-state index in [0.717, 1.165) is 19.3 Å². The zero-order chi connectivity index (χ0) is 10.1. The fraction of sp³-hybridized carbons (Fsp3) is 0.667. The van der Waals surface area contributed by atoms with E-state index in [9.17, 15) is 4.79 Å². The molecule has 0 aliphatic heterocycles. The Morgan fingerprint density at radius 1 is 1.62 bits per heavy atom. The first kappa shape index (κ1) is 12.6. The Balaban J connectivity index is 3.51. The molecule has 0 heterocycles. The lowest BCUT2D eigenvalue weighted by Crippen LogP contribution is -2.17. The minimum atomic E-state index is -0.527. The third-order valence-corrected chi connectivity index (χ3v) is 1.95. The number of esters is 1. The van der Waals surface area contributed by atoms with Gasteiger partial charge in [0, 0.05) is 9.47 Å². The van der Waals surface area contributed by atoms with Crippen molar-refractivity contribution in [2.75, 3.05) is 0 Å². The maximum absolute atomic E-state index is 11.0. The van der Waals surface area contributed by atoms with Gasteiger partial charge in [-0.3, -0.25) is 0 Å². The lowest BCUT2D eigenvalue weighted by atomic mass is 10.2. The van der Waals surface area contributed by atoms with Gasteiger partial charge in [-0.2, -0.15) is 0 Å². The third-order valence-electron chi connectivity index (χ3n) is 1.54. The molecule has 0 aliphatic rings. The Hall–Kier alpha value is -0.400. The topological polar surface area (TPSA) is 35.5 Å². The molecule has 2 atom stereocenters. The van der Waals surface area contributed by atoms with Crippen LogP contribution in [0.2, 0.25) is 0 Å². The monoisotopic (exact) mass is 204 g/mol. The van der Waals surface area contributed by atoms with Crippen LogP contribution in [0, 0.1) is 0 Å². The van der Waals surface area contributed by atoms with Gasteiger partial charge in [-0.1, -0.05) is 13.3 Å². The zero-order valence-corrected chi connectivity index (χ0v) is 9.31. The lowest BCUT2D eigenvalue weighted by molar-refractivity contribution is -0.144. The third kappa shape index (κ3) is 6.73. The van der Waals surface area contributed by atoms with Crippen LogP contribution in [0.25, 0.3) is 0 Å². The van der Waals surface area contributed by atoms with E-state index in [4.69, 9.17) is 9.26 Å². The molecule has 0 bridgehead atoms. The van der Waals surface area contributed by atoms with Crippen molar-refractivity contribution >= 4 is 15.4 Å². The van der Waals surface area contributed by atoms with E-state index < -0.39 is 6.10 Å². The van der Waals surface area contributed by atoms with Crippen LogP contribution in [-0.4, -0.2) is 12.1 Å². The molecular weight excluding hydrogens is 187 g/mol. The summed E-state index contributed by atoms with van der Waals surface area (Å²) < 4.78 is 9.48.